The fourth-order valence-corrected chi connectivity index (χ4v) is 1.51. The summed E-state index contributed by atoms with van der Waals surface area (Å²) in [5, 5.41) is 3.28. The number of halogens is 2. The Morgan fingerprint density at radius 2 is 1.62 bits per heavy atom. The highest BCUT2D eigenvalue weighted by Gasteiger charge is 2.22. The van der Waals surface area contributed by atoms with Gasteiger partial charge in [0.1, 0.15) is 11.6 Å². The summed E-state index contributed by atoms with van der Waals surface area (Å²) in [6.07, 6.45) is 0. The van der Waals surface area contributed by atoms with Gasteiger partial charge >= 0.3 is 0 Å². The van der Waals surface area contributed by atoms with Crippen LogP contribution in [0.25, 0.3) is 0 Å². The average molecular weight is 227 g/mol. The Morgan fingerprint density at radius 1 is 1.12 bits per heavy atom. The first kappa shape index (κ1) is 13.1. The highest BCUT2D eigenvalue weighted by molar-refractivity contribution is 5.25. The van der Waals surface area contributed by atoms with Crippen LogP contribution in [0.2, 0.25) is 0 Å². The van der Waals surface area contributed by atoms with E-state index in [0.29, 0.717) is 18.2 Å². The quantitative estimate of drug-likeness (QED) is 0.832. The summed E-state index contributed by atoms with van der Waals surface area (Å²) in [6.45, 7) is 8.71. The Labute approximate surface area is 95.9 Å². The molecule has 3 heteroatoms. The van der Waals surface area contributed by atoms with Crippen LogP contribution in [-0.2, 0) is 5.41 Å². The molecule has 0 bridgehead atoms. The number of hydrogen-bond donors (Lipinski definition) is 1. The van der Waals surface area contributed by atoms with Crippen molar-refractivity contribution >= 4 is 0 Å². The lowest BCUT2D eigenvalue weighted by molar-refractivity contribution is 0.436. The Hall–Kier alpha value is -0.960. The molecule has 1 aromatic carbocycles. The van der Waals surface area contributed by atoms with Gasteiger partial charge in [0.05, 0.1) is 0 Å². The van der Waals surface area contributed by atoms with E-state index in [1.807, 2.05) is 27.7 Å². The second-order valence-corrected chi connectivity index (χ2v) is 5.08. The van der Waals surface area contributed by atoms with E-state index >= 15 is 0 Å². The Kier molecular flexibility index (Phi) is 4.03. The molecule has 0 aliphatic carbocycles. The lowest BCUT2D eigenvalue weighted by atomic mass is 9.84. The third-order valence-electron chi connectivity index (χ3n) is 2.60. The maximum Gasteiger partial charge on any atom is 0.126 e. The zero-order chi connectivity index (χ0) is 12.3. The molecule has 0 aliphatic rings. The summed E-state index contributed by atoms with van der Waals surface area (Å²) in [5.74, 6) is -1.04. The average Bonchev–Trinajstić information content (AvgIpc) is 2.13. The molecule has 16 heavy (non-hydrogen) atoms. The summed E-state index contributed by atoms with van der Waals surface area (Å²) >= 11 is 0. The maximum atomic E-state index is 13.1. The van der Waals surface area contributed by atoms with Gasteiger partial charge in [-0.2, -0.15) is 0 Å². The van der Waals surface area contributed by atoms with Crippen molar-refractivity contribution in [3.8, 4) is 0 Å². The summed E-state index contributed by atoms with van der Waals surface area (Å²) in [7, 11) is 0. The van der Waals surface area contributed by atoms with Gasteiger partial charge in [-0.05, 0) is 17.7 Å². The van der Waals surface area contributed by atoms with Gasteiger partial charge in [-0.25, -0.2) is 8.78 Å². The molecule has 1 aromatic rings. The van der Waals surface area contributed by atoms with Gasteiger partial charge in [0, 0.05) is 24.1 Å². The Balaban J connectivity index is 2.88. The molecule has 1 N–H and O–H groups in total. The molecule has 0 aromatic heterocycles. The van der Waals surface area contributed by atoms with Crippen LogP contribution in [0, 0.1) is 11.6 Å². The Bertz CT molecular complexity index is 339. The van der Waals surface area contributed by atoms with Crippen LogP contribution < -0.4 is 5.32 Å². The van der Waals surface area contributed by atoms with Crippen LogP contribution in [0.4, 0.5) is 8.78 Å². The van der Waals surface area contributed by atoms with E-state index in [-0.39, 0.29) is 5.41 Å². The number of benzene rings is 1. The van der Waals surface area contributed by atoms with Crippen molar-refractivity contribution in [2.24, 2.45) is 0 Å². The van der Waals surface area contributed by atoms with Crippen LogP contribution in [-0.4, -0.2) is 12.6 Å². The van der Waals surface area contributed by atoms with Crippen LogP contribution in [0.5, 0.6) is 0 Å². The molecule has 0 amide bonds. The normalized spacial score (nSPS) is 12.2. The van der Waals surface area contributed by atoms with Gasteiger partial charge in [-0.15, -0.1) is 0 Å². The zero-order valence-corrected chi connectivity index (χ0v) is 10.3. The summed E-state index contributed by atoms with van der Waals surface area (Å²) in [5.41, 5.74) is 0.394. The molecule has 0 atom stereocenters. The molecule has 0 saturated carbocycles. The van der Waals surface area contributed by atoms with Crippen molar-refractivity contribution in [1.82, 2.24) is 5.32 Å². The minimum atomic E-state index is -0.521. The number of nitrogens with one attached hydrogen (secondary N) is 1. The third-order valence-corrected chi connectivity index (χ3v) is 2.60. The third kappa shape index (κ3) is 3.56. The first-order chi connectivity index (χ1) is 7.31. The molecule has 90 valence electrons. The van der Waals surface area contributed by atoms with Gasteiger partial charge in [-0.3, -0.25) is 0 Å². The molecule has 1 rings (SSSR count). The fourth-order valence-electron chi connectivity index (χ4n) is 1.51. The molecule has 0 unspecified atom stereocenters. The van der Waals surface area contributed by atoms with E-state index < -0.39 is 11.6 Å². The SMILES string of the molecule is CC(C)NCC(C)(C)c1cc(F)cc(F)c1. The second-order valence-electron chi connectivity index (χ2n) is 5.08. The molecule has 0 spiro atoms. The largest absolute Gasteiger partial charge is 0.314 e. The van der Waals surface area contributed by atoms with Gasteiger partial charge in [0.2, 0.25) is 0 Å². The molecule has 0 aliphatic heterocycles. The second kappa shape index (κ2) is 4.91. The van der Waals surface area contributed by atoms with Crippen molar-refractivity contribution in [1.29, 1.82) is 0 Å². The monoisotopic (exact) mass is 227 g/mol. The van der Waals surface area contributed by atoms with Crippen molar-refractivity contribution in [3.05, 3.63) is 35.4 Å². The summed E-state index contributed by atoms with van der Waals surface area (Å²) in [4.78, 5) is 0. The van der Waals surface area contributed by atoms with E-state index in [0.717, 1.165) is 6.07 Å². The molecule has 0 heterocycles. The molecular weight excluding hydrogens is 208 g/mol. The van der Waals surface area contributed by atoms with E-state index in [9.17, 15) is 8.78 Å². The summed E-state index contributed by atoms with van der Waals surface area (Å²) in [6, 6.07) is 4.05. The van der Waals surface area contributed by atoms with Crippen LogP contribution >= 0.6 is 0 Å². The molecule has 0 saturated heterocycles. The molecule has 0 fully saturated rings. The summed E-state index contributed by atoms with van der Waals surface area (Å²) < 4.78 is 26.2. The number of hydrogen-bond acceptors (Lipinski definition) is 1. The maximum absolute atomic E-state index is 13.1. The van der Waals surface area contributed by atoms with E-state index in [1.165, 1.54) is 12.1 Å². The van der Waals surface area contributed by atoms with Crippen molar-refractivity contribution in [3.63, 3.8) is 0 Å². The van der Waals surface area contributed by atoms with Crippen LogP contribution in [0.3, 0.4) is 0 Å². The van der Waals surface area contributed by atoms with E-state index in [1.54, 1.807) is 0 Å². The van der Waals surface area contributed by atoms with Gasteiger partial charge in [0.25, 0.3) is 0 Å². The highest BCUT2D eigenvalue weighted by Crippen LogP contribution is 2.24. The van der Waals surface area contributed by atoms with Crippen molar-refractivity contribution in [2.75, 3.05) is 6.54 Å². The van der Waals surface area contributed by atoms with Gasteiger partial charge in [-0.1, -0.05) is 27.7 Å². The molecule has 1 nitrogen and oxygen atoms in total. The Morgan fingerprint density at radius 3 is 2.06 bits per heavy atom. The lowest BCUT2D eigenvalue weighted by Crippen LogP contribution is -2.36. The fraction of sp³-hybridized carbons (Fsp3) is 0.538. The van der Waals surface area contributed by atoms with Crippen molar-refractivity contribution in [2.45, 2.75) is 39.2 Å². The molecule has 0 radical (unpaired) electrons. The highest BCUT2D eigenvalue weighted by atomic mass is 19.1. The van der Waals surface area contributed by atoms with E-state index in [4.69, 9.17) is 0 Å². The zero-order valence-electron chi connectivity index (χ0n) is 10.3. The number of rotatable bonds is 4. The topological polar surface area (TPSA) is 12.0 Å². The molecular formula is C13H19F2N. The van der Waals surface area contributed by atoms with Crippen LogP contribution in [0.1, 0.15) is 33.3 Å². The lowest BCUT2D eigenvalue weighted by Gasteiger charge is -2.27. The standard InChI is InChI=1S/C13H19F2N/c1-9(2)16-8-13(3,4)10-5-11(14)7-12(15)6-10/h5-7,9,16H,8H2,1-4H3. The predicted molar refractivity (Wildman–Crippen MR) is 62.5 cm³/mol. The van der Waals surface area contributed by atoms with Crippen LogP contribution in [0.15, 0.2) is 18.2 Å². The van der Waals surface area contributed by atoms with Gasteiger partial charge in [0.15, 0.2) is 0 Å². The smallest absolute Gasteiger partial charge is 0.126 e. The first-order valence-corrected chi connectivity index (χ1v) is 5.51. The first-order valence-electron chi connectivity index (χ1n) is 5.51. The minimum absolute atomic E-state index is 0.285. The predicted octanol–water partition coefficient (Wildman–Crippen LogP) is 3.24. The minimum Gasteiger partial charge on any atom is -0.314 e. The van der Waals surface area contributed by atoms with Gasteiger partial charge < -0.3 is 5.32 Å². The van der Waals surface area contributed by atoms with E-state index in [2.05, 4.69) is 5.32 Å². The van der Waals surface area contributed by atoms with Crippen molar-refractivity contribution < 1.29 is 8.78 Å².